The summed E-state index contributed by atoms with van der Waals surface area (Å²) in [5, 5.41) is 2.73. The molecule has 0 heterocycles. The van der Waals surface area contributed by atoms with Crippen LogP contribution in [0.25, 0.3) is 0 Å². The van der Waals surface area contributed by atoms with Crippen molar-refractivity contribution in [1.82, 2.24) is 4.90 Å². The molecular weight excluding hydrogens is 307 g/mol. The number of hydrogen-bond acceptors (Lipinski definition) is 3. The highest BCUT2D eigenvalue weighted by Gasteiger charge is 2.07. The highest BCUT2D eigenvalue weighted by Crippen LogP contribution is 2.16. The number of nitrogens with zero attached hydrogens (tertiary/aromatic N) is 1. The van der Waals surface area contributed by atoms with Crippen LogP contribution in [-0.4, -0.2) is 37.6 Å². The molecule has 0 aliphatic rings. The van der Waals surface area contributed by atoms with Gasteiger partial charge in [-0.3, -0.25) is 9.69 Å². The Kier molecular flexibility index (Phi) is 6.32. The van der Waals surface area contributed by atoms with Gasteiger partial charge in [-0.25, -0.2) is 4.39 Å². The van der Waals surface area contributed by atoms with Gasteiger partial charge in [0.05, 0.1) is 6.54 Å². The second kappa shape index (κ2) is 8.45. The van der Waals surface area contributed by atoms with Gasteiger partial charge in [0, 0.05) is 12.2 Å². The van der Waals surface area contributed by atoms with Gasteiger partial charge in [0.25, 0.3) is 0 Å². The molecule has 0 bridgehead atoms. The second-order valence-electron chi connectivity index (χ2n) is 5.96. The van der Waals surface area contributed by atoms with Crippen molar-refractivity contribution in [3.05, 3.63) is 59.4 Å². The van der Waals surface area contributed by atoms with E-state index in [0.717, 1.165) is 16.9 Å². The minimum atomic E-state index is -0.325. The molecule has 0 saturated heterocycles. The van der Waals surface area contributed by atoms with Crippen LogP contribution >= 0.6 is 0 Å². The Morgan fingerprint density at radius 3 is 2.38 bits per heavy atom. The second-order valence-corrected chi connectivity index (χ2v) is 5.96. The molecule has 0 unspecified atom stereocenters. The number of halogens is 1. The minimum absolute atomic E-state index is 0.143. The molecule has 0 atom stereocenters. The summed E-state index contributed by atoms with van der Waals surface area (Å²) >= 11 is 0. The van der Waals surface area contributed by atoms with E-state index in [4.69, 9.17) is 4.74 Å². The molecule has 1 N–H and O–H groups in total. The summed E-state index contributed by atoms with van der Waals surface area (Å²) in [6.45, 7) is 5.44. The van der Waals surface area contributed by atoms with Gasteiger partial charge in [0.2, 0.25) is 5.91 Å². The third-order valence-electron chi connectivity index (χ3n) is 3.48. The maximum absolute atomic E-state index is 12.8. The summed E-state index contributed by atoms with van der Waals surface area (Å²) < 4.78 is 18.6. The highest BCUT2D eigenvalue weighted by atomic mass is 19.1. The van der Waals surface area contributed by atoms with E-state index >= 15 is 0 Å². The minimum Gasteiger partial charge on any atom is -0.492 e. The van der Waals surface area contributed by atoms with Crippen LogP contribution in [0.4, 0.5) is 10.1 Å². The van der Waals surface area contributed by atoms with E-state index in [1.807, 2.05) is 37.9 Å². The molecule has 4 nitrogen and oxygen atoms in total. The van der Waals surface area contributed by atoms with E-state index in [1.54, 1.807) is 0 Å². The van der Waals surface area contributed by atoms with Crippen LogP contribution in [0.3, 0.4) is 0 Å². The largest absolute Gasteiger partial charge is 0.492 e. The predicted molar refractivity (Wildman–Crippen MR) is 93.9 cm³/mol. The Bertz CT molecular complexity index is 666. The molecule has 5 heteroatoms. The lowest BCUT2D eigenvalue weighted by Crippen LogP contribution is -2.33. The first kappa shape index (κ1) is 17.9. The Balaban J connectivity index is 1.73. The molecule has 2 aromatic rings. The van der Waals surface area contributed by atoms with Crippen LogP contribution in [0, 0.1) is 19.7 Å². The maximum Gasteiger partial charge on any atom is 0.238 e. The van der Waals surface area contributed by atoms with Gasteiger partial charge in [-0.1, -0.05) is 6.07 Å². The number of amides is 1. The van der Waals surface area contributed by atoms with Crippen molar-refractivity contribution in [1.29, 1.82) is 0 Å². The number of likely N-dealkylation sites (N-methyl/N-ethyl adjacent to an activating group) is 1. The summed E-state index contributed by atoms with van der Waals surface area (Å²) in [5.41, 5.74) is 2.91. The van der Waals surface area contributed by atoms with E-state index in [-0.39, 0.29) is 18.3 Å². The summed E-state index contributed by atoms with van der Waals surface area (Å²) in [6.07, 6.45) is 0. The molecule has 0 aromatic heterocycles. The van der Waals surface area contributed by atoms with Crippen LogP contribution in [0.1, 0.15) is 11.1 Å². The fourth-order valence-electron chi connectivity index (χ4n) is 2.39. The lowest BCUT2D eigenvalue weighted by Gasteiger charge is -2.17. The molecule has 0 aliphatic carbocycles. The van der Waals surface area contributed by atoms with Crippen molar-refractivity contribution in [2.75, 3.05) is 32.1 Å². The van der Waals surface area contributed by atoms with Crippen molar-refractivity contribution < 1.29 is 13.9 Å². The maximum atomic E-state index is 12.8. The van der Waals surface area contributed by atoms with E-state index in [2.05, 4.69) is 11.4 Å². The Morgan fingerprint density at radius 1 is 1.12 bits per heavy atom. The number of carbonyl (C=O) groups is 1. The van der Waals surface area contributed by atoms with Crippen molar-refractivity contribution in [2.24, 2.45) is 0 Å². The number of ether oxygens (including phenoxy) is 1. The predicted octanol–water partition coefficient (Wildman–Crippen LogP) is 3.39. The SMILES string of the molecule is Cc1cc(C)cc(OCCN(C)CC(=O)Nc2ccc(F)cc2)c1. The van der Waals surface area contributed by atoms with Gasteiger partial charge < -0.3 is 10.1 Å². The van der Waals surface area contributed by atoms with E-state index in [9.17, 15) is 9.18 Å². The molecule has 0 fully saturated rings. The lowest BCUT2D eigenvalue weighted by molar-refractivity contribution is -0.117. The van der Waals surface area contributed by atoms with Crippen molar-refractivity contribution in [2.45, 2.75) is 13.8 Å². The van der Waals surface area contributed by atoms with Crippen LogP contribution in [-0.2, 0) is 4.79 Å². The number of anilines is 1. The fraction of sp³-hybridized carbons (Fsp3) is 0.316. The average molecular weight is 330 g/mol. The number of benzene rings is 2. The molecule has 24 heavy (non-hydrogen) atoms. The standard InChI is InChI=1S/C19H23FN2O2/c1-14-10-15(2)12-18(11-14)24-9-8-22(3)13-19(23)21-17-6-4-16(20)5-7-17/h4-7,10-12H,8-9,13H2,1-3H3,(H,21,23). The molecule has 0 aliphatic heterocycles. The number of rotatable bonds is 7. The van der Waals surface area contributed by atoms with E-state index in [1.165, 1.54) is 24.3 Å². The van der Waals surface area contributed by atoms with Crippen LogP contribution in [0.5, 0.6) is 5.75 Å². The molecule has 0 radical (unpaired) electrons. The first-order valence-corrected chi connectivity index (χ1v) is 7.87. The zero-order chi connectivity index (χ0) is 17.5. The smallest absolute Gasteiger partial charge is 0.238 e. The van der Waals surface area contributed by atoms with Gasteiger partial charge >= 0.3 is 0 Å². The summed E-state index contributed by atoms with van der Waals surface area (Å²) in [7, 11) is 1.86. The third kappa shape index (κ3) is 6.01. The first-order valence-electron chi connectivity index (χ1n) is 7.87. The average Bonchev–Trinajstić information content (AvgIpc) is 2.48. The fourth-order valence-corrected chi connectivity index (χ4v) is 2.39. The highest BCUT2D eigenvalue weighted by molar-refractivity contribution is 5.92. The number of carbonyl (C=O) groups excluding carboxylic acids is 1. The van der Waals surface area contributed by atoms with E-state index in [0.29, 0.717) is 18.8 Å². The van der Waals surface area contributed by atoms with Gasteiger partial charge in [0.1, 0.15) is 18.2 Å². The van der Waals surface area contributed by atoms with Gasteiger partial charge in [0.15, 0.2) is 0 Å². The molecule has 0 saturated carbocycles. The molecule has 1 amide bonds. The van der Waals surface area contributed by atoms with E-state index < -0.39 is 0 Å². The van der Waals surface area contributed by atoms with Crippen molar-refractivity contribution >= 4 is 11.6 Å². The molecule has 2 rings (SSSR count). The van der Waals surface area contributed by atoms with Crippen LogP contribution in [0.15, 0.2) is 42.5 Å². The lowest BCUT2D eigenvalue weighted by atomic mass is 10.1. The van der Waals surface area contributed by atoms with Crippen LogP contribution in [0.2, 0.25) is 0 Å². The van der Waals surface area contributed by atoms with Crippen LogP contribution < -0.4 is 10.1 Å². The Morgan fingerprint density at radius 2 is 1.75 bits per heavy atom. The molecule has 128 valence electrons. The summed E-state index contributed by atoms with van der Waals surface area (Å²) in [5.74, 6) is 0.376. The molecule has 2 aromatic carbocycles. The first-order chi connectivity index (χ1) is 11.4. The summed E-state index contributed by atoms with van der Waals surface area (Å²) in [6, 6.07) is 11.8. The van der Waals surface area contributed by atoms with Gasteiger partial charge in [-0.05, 0) is 68.4 Å². The monoisotopic (exact) mass is 330 g/mol. The topological polar surface area (TPSA) is 41.6 Å². The number of nitrogens with one attached hydrogen (secondary N) is 1. The van der Waals surface area contributed by atoms with Crippen molar-refractivity contribution in [3.63, 3.8) is 0 Å². The van der Waals surface area contributed by atoms with Crippen molar-refractivity contribution in [3.8, 4) is 5.75 Å². The number of aryl methyl sites for hydroxylation is 2. The Hall–Kier alpha value is -2.40. The third-order valence-corrected chi connectivity index (χ3v) is 3.48. The molecular formula is C19H23FN2O2. The van der Waals surface area contributed by atoms with Gasteiger partial charge in [-0.2, -0.15) is 0 Å². The zero-order valence-electron chi connectivity index (χ0n) is 14.3. The number of hydrogen-bond donors (Lipinski definition) is 1. The molecule has 0 spiro atoms. The zero-order valence-corrected chi connectivity index (χ0v) is 14.3. The Labute approximate surface area is 142 Å². The normalized spacial score (nSPS) is 10.7. The summed E-state index contributed by atoms with van der Waals surface area (Å²) in [4.78, 5) is 13.8. The quantitative estimate of drug-likeness (QED) is 0.846. The van der Waals surface area contributed by atoms with Gasteiger partial charge in [-0.15, -0.1) is 0 Å².